The van der Waals surface area contributed by atoms with E-state index in [4.69, 9.17) is 0 Å². The van der Waals surface area contributed by atoms with Gasteiger partial charge in [-0.05, 0) is 46.7 Å². The first-order valence-corrected chi connectivity index (χ1v) is 10.5. The Morgan fingerprint density at radius 2 is 1.65 bits per heavy atom. The van der Waals surface area contributed by atoms with Crippen molar-refractivity contribution in [3.05, 3.63) is 95.1 Å². The number of hydrogen-bond donors (Lipinski definition) is 1. The summed E-state index contributed by atoms with van der Waals surface area (Å²) in [4.78, 5) is 40.1. The van der Waals surface area contributed by atoms with E-state index in [1.54, 1.807) is 6.07 Å². The number of urea groups is 1. The van der Waals surface area contributed by atoms with Crippen LogP contribution in [0.2, 0.25) is 0 Å². The third kappa shape index (κ3) is 2.96. The molecule has 0 aromatic heterocycles. The van der Waals surface area contributed by atoms with Crippen LogP contribution in [0.15, 0.2) is 72.8 Å². The number of carbonyl (C=O) groups excluding carboxylic acids is 3. The number of rotatable bonds is 5. The Labute approximate surface area is 180 Å². The number of nitrogens with one attached hydrogen (secondary N) is 1. The highest BCUT2D eigenvalue weighted by atomic mass is 16.2. The smallest absolute Gasteiger partial charge is 0.319 e. The van der Waals surface area contributed by atoms with E-state index < -0.39 is 11.6 Å². The molecule has 5 rings (SSSR count). The Morgan fingerprint density at radius 1 is 0.935 bits per heavy atom. The van der Waals surface area contributed by atoms with Gasteiger partial charge in [-0.2, -0.15) is 0 Å². The molecule has 3 amide bonds. The zero-order chi connectivity index (χ0) is 21.6. The van der Waals surface area contributed by atoms with Gasteiger partial charge in [0.2, 0.25) is 0 Å². The van der Waals surface area contributed by atoms with Gasteiger partial charge in [-0.3, -0.25) is 14.5 Å². The van der Waals surface area contributed by atoms with E-state index in [1.165, 1.54) is 11.1 Å². The molecular formula is C26H22N2O3. The van der Waals surface area contributed by atoms with Gasteiger partial charge in [-0.15, -0.1) is 0 Å². The molecule has 31 heavy (non-hydrogen) atoms. The van der Waals surface area contributed by atoms with E-state index in [0.717, 1.165) is 28.0 Å². The largest absolute Gasteiger partial charge is 0.325 e. The van der Waals surface area contributed by atoms with Crippen molar-refractivity contribution in [1.29, 1.82) is 0 Å². The van der Waals surface area contributed by atoms with Crippen LogP contribution in [0.4, 0.5) is 4.79 Å². The van der Waals surface area contributed by atoms with Gasteiger partial charge in [0.25, 0.3) is 5.91 Å². The van der Waals surface area contributed by atoms with Crippen molar-refractivity contribution in [2.24, 2.45) is 0 Å². The topological polar surface area (TPSA) is 66.5 Å². The molecule has 1 fully saturated rings. The minimum Gasteiger partial charge on any atom is -0.319 e. The molecule has 3 aromatic rings. The molecule has 1 atom stereocenters. The van der Waals surface area contributed by atoms with Crippen LogP contribution in [-0.2, 0) is 16.8 Å². The van der Waals surface area contributed by atoms with Gasteiger partial charge in [0.15, 0.2) is 5.78 Å². The molecule has 1 heterocycles. The molecule has 1 saturated heterocycles. The van der Waals surface area contributed by atoms with Crippen LogP contribution in [0.1, 0.15) is 40.4 Å². The number of nitrogens with zero attached hydrogens (tertiary/aromatic N) is 1. The molecule has 1 aliphatic carbocycles. The minimum atomic E-state index is -1.13. The molecule has 1 N–H and O–H groups in total. The SMILES string of the molecule is CC[C@@]1(c2ccccc2)NC(=O)N(CC(=O)c2ccc3c(c2)-c2ccccc2C3)C1=O. The molecule has 1 aliphatic heterocycles. The van der Waals surface area contributed by atoms with Crippen LogP contribution in [-0.4, -0.2) is 29.2 Å². The van der Waals surface area contributed by atoms with Crippen molar-refractivity contribution in [2.45, 2.75) is 25.3 Å². The molecule has 5 nitrogen and oxygen atoms in total. The van der Waals surface area contributed by atoms with Crippen LogP contribution in [0.5, 0.6) is 0 Å². The Bertz CT molecular complexity index is 1220. The fraction of sp³-hybridized carbons (Fsp3) is 0.192. The molecule has 0 spiro atoms. The van der Waals surface area contributed by atoms with Crippen molar-refractivity contribution in [3.8, 4) is 11.1 Å². The number of benzene rings is 3. The first kappa shape index (κ1) is 19.2. The lowest BCUT2D eigenvalue weighted by Crippen LogP contribution is -2.43. The number of carbonyl (C=O) groups is 3. The van der Waals surface area contributed by atoms with Gasteiger partial charge in [0, 0.05) is 5.56 Å². The van der Waals surface area contributed by atoms with Gasteiger partial charge in [-0.1, -0.05) is 73.7 Å². The first-order valence-electron chi connectivity index (χ1n) is 10.5. The number of Topliss-reactive ketones (excluding diaryl/α,β-unsaturated/α-hetero) is 1. The number of amides is 3. The van der Waals surface area contributed by atoms with Crippen molar-refractivity contribution < 1.29 is 14.4 Å². The molecule has 0 unspecified atom stereocenters. The fourth-order valence-electron chi connectivity index (χ4n) is 4.66. The summed E-state index contributed by atoms with van der Waals surface area (Å²) >= 11 is 0. The summed E-state index contributed by atoms with van der Waals surface area (Å²) in [6, 6.07) is 22.4. The van der Waals surface area contributed by atoms with Crippen LogP contribution in [0.3, 0.4) is 0 Å². The average molecular weight is 410 g/mol. The first-order chi connectivity index (χ1) is 15.0. The van der Waals surface area contributed by atoms with Crippen LogP contribution in [0, 0.1) is 0 Å². The summed E-state index contributed by atoms with van der Waals surface area (Å²) in [5, 5.41) is 2.83. The summed E-state index contributed by atoms with van der Waals surface area (Å²) in [5.41, 5.74) is 4.70. The standard InChI is InChI=1S/C26H22N2O3/c1-2-26(20-9-4-3-5-10-20)24(30)28(25(31)27-26)16-23(29)19-13-12-18-14-17-8-6-7-11-21(17)22(18)15-19/h3-13,15H,2,14,16H2,1H3,(H,27,31)/t26-/m0/s1. The zero-order valence-corrected chi connectivity index (χ0v) is 17.2. The highest BCUT2D eigenvalue weighted by Gasteiger charge is 2.51. The fourth-order valence-corrected chi connectivity index (χ4v) is 4.66. The van der Waals surface area contributed by atoms with Crippen LogP contribution >= 0.6 is 0 Å². The molecule has 2 aliphatic rings. The van der Waals surface area contributed by atoms with Crippen molar-refractivity contribution in [2.75, 3.05) is 6.54 Å². The summed E-state index contributed by atoms with van der Waals surface area (Å²) < 4.78 is 0. The molecular weight excluding hydrogens is 388 g/mol. The van der Waals surface area contributed by atoms with Gasteiger partial charge in [0.1, 0.15) is 5.54 Å². The number of fused-ring (bicyclic) bond motifs is 3. The Morgan fingerprint density at radius 3 is 2.42 bits per heavy atom. The molecule has 0 bridgehead atoms. The van der Waals surface area contributed by atoms with Crippen molar-refractivity contribution in [3.63, 3.8) is 0 Å². The molecule has 154 valence electrons. The van der Waals surface area contributed by atoms with E-state index in [9.17, 15) is 14.4 Å². The number of ketones is 1. The summed E-state index contributed by atoms with van der Waals surface area (Å²) in [7, 11) is 0. The van der Waals surface area contributed by atoms with E-state index in [0.29, 0.717) is 12.0 Å². The number of imide groups is 1. The predicted molar refractivity (Wildman–Crippen MR) is 118 cm³/mol. The van der Waals surface area contributed by atoms with Gasteiger partial charge in [0.05, 0.1) is 6.54 Å². The summed E-state index contributed by atoms with van der Waals surface area (Å²) in [6.07, 6.45) is 1.25. The second-order valence-corrected chi connectivity index (χ2v) is 8.08. The predicted octanol–water partition coefficient (Wildman–Crippen LogP) is 4.30. The lowest BCUT2D eigenvalue weighted by molar-refractivity contribution is -0.131. The van der Waals surface area contributed by atoms with E-state index >= 15 is 0 Å². The quantitative estimate of drug-likeness (QED) is 0.394. The normalized spacial score (nSPS) is 19.2. The van der Waals surface area contributed by atoms with Gasteiger partial charge >= 0.3 is 6.03 Å². The zero-order valence-electron chi connectivity index (χ0n) is 17.2. The monoisotopic (exact) mass is 410 g/mol. The molecule has 0 saturated carbocycles. The van der Waals surface area contributed by atoms with E-state index in [2.05, 4.69) is 17.4 Å². The Kier molecular flexibility index (Phi) is 4.47. The summed E-state index contributed by atoms with van der Waals surface area (Å²) in [6.45, 7) is 1.58. The van der Waals surface area contributed by atoms with Crippen molar-refractivity contribution in [1.82, 2.24) is 10.2 Å². The van der Waals surface area contributed by atoms with Crippen LogP contribution < -0.4 is 5.32 Å². The van der Waals surface area contributed by atoms with Gasteiger partial charge in [-0.25, -0.2) is 4.79 Å². The van der Waals surface area contributed by atoms with Gasteiger partial charge < -0.3 is 5.32 Å². The highest BCUT2D eigenvalue weighted by molar-refractivity contribution is 6.11. The number of hydrogen-bond acceptors (Lipinski definition) is 3. The third-order valence-electron chi connectivity index (χ3n) is 6.39. The minimum absolute atomic E-state index is 0.254. The average Bonchev–Trinajstić information content (AvgIpc) is 3.29. The summed E-state index contributed by atoms with van der Waals surface area (Å²) in [5.74, 6) is -0.637. The van der Waals surface area contributed by atoms with E-state index in [1.807, 2.05) is 61.5 Å². The lowest BCUT2D eigenvalue weighted by atomic mass is 9.87. The maximum atomic E-state index is 13.3. The van der Waals surface area contributed by atoms with Crippen molar-refractivity contribution >= 4 is 17.7 Å². The lowest BCUT2D eigenvalue weighted by Gasteiger charge is -2.25. The highest BCUT2D eigenvalue weighted by Crippen LogP contribution is 2.37. The second-order valence-electron chi connectivity index (χ2n) is 8.08. The third-order valence-corrected chi connectivity index (χ3v) is 6.39. The maximum absolute atomic E-state index is 13.3. The molecule has 0 radical (unpaired) electrons. The van der Waals surface area contributed by atoms with Crippen LogP contribution in [0.25, 0.3) is 11.1 Å². The molecule has 3 aromatic carbocycles. The Hall–Kier alpha value is -3.73. The Balaban J connectivity index is 1.42. The maximum Gasteiger partial charge on any atom is 0.325 e. The van der Waals surface area contributed by atoms with E-state index in [-0.39, 0.29) is 18.2 Å². The molecule has 5 heteroatoms. The second kappa shape index (κ2) is 7.20.